The lowest BCUT2D eigenvalue weighted by atomic mass is 9.66. The molecular formula is C26H40N2O5S. The fourth-order valence-corrected chi connectivity index (χ4v) is 8.55. The number of hydrogen-bond acceptors (Lipinski definition) is 6. The molecule has 7 atom stereocenters. The third kappa shape index (κ3) is 4.21. The molecule has 7 nitrogen and oxygen atoms in total. The Kier molecular flexibility index (Phi) is 8.56. The molecule has 0 radical (unpaired) electrons. The molecule has 0 saturated carbocycles. The Labute approximate surface area is 208 Å². The summed E-state index contributed by atoms with van der Waals surface area (Å²) in [6, 6.07) is -1.28. The van der Waals surface area contributed by atoms with Crippen LogP contribution in [0.4, 0.5) is 0 Å². The van der Waals surface area contributed by atoms with Crippen molar-refractivity contribution in [2.45, 2.75) is 81.5 Å². The summed E-state index contributed by atoms with van der Waals surface area (Å²) < 4.78 is 4.90. The molecule has 1 N–H and O–H groups in total. The fourth-order valence-electron chi connectivity index (χ4n) is 6.16. The van der Waals surface area contributed by atoms with E-state index in [0.29, 0.717) is 26.0 Å². The molecule has 0 aromatic rings. The van der Waals surface area contributed by atoms with E-state index in [0.717, 1.165) is 12.8 Å². The number of nitrogens with zero attached hydrogens (tertiary/aromatic N) is 2. The van der Waals surface area contributed by atoms with Crippen LogP contribution in [0.15, 0.2) is 25.3 Å². The average Bonchev–Trinajstić information content (AvgIpc) is 3.39. The minimum atomic E-state index is -0.729. The highest BCUT2D eigenvalue weighted by atomic mass is 32.2. The minimum Gasteiger partial charge on any atom is -0.465 e. The van der Waals surface area contributed by atoms with Crippen molar-refractivity contribution < 1.29 is 24.2 Å². The fraction of sp³-hybridized carbons (Fsp3) is 0.731. The van der Waals surface area contributed by atoms with E-state index < -0.39 is 28.7 Å². The number of rotatable bonds is 12. The Bertz CT molecular complexity index is 813. The summed E-state index contributed by atoms with van der Waals surface area (Å²) in [6.07, 6.45) is 6.22. The van der Waals surface area contributed by atoms with Gasteiger partial charge in [0, 0.05) is 17.8 Å². The van der Waals surface area contributed by atoms with E-state index in [1.165, 1.54) is 0 Å². The second kappa shape index (κ2) is 10.9. The van der Waals surface area contributed by atoms with Crippen molar-refractivity contribution >= 4 is 29.5 Å². The molecule has 0 aliphatic carbocycles. The van der Waals surface area contributed by atoms with Crippen molar-refractivity contribution in [3.05, 3.63) is 25.3 Å². The lowest BCUT2D eigenvalue weighted by molar-refractivity contribution is -0.155. The van der Waals surface area contributed by atoms with Crippen LogP contribution in [0.5, 0.6) is 0 Å². The number of fused-ring (bicyclic) bond motifs is 1. The van der Waals surface area contributed by atoms with Crippen LogP contribution in [0.2, 0.25) is 0 Å². The van der Waals surface area contributed by atoms with E-state index in [1.54, 1.807) is 33.7 Å². The summed E-state index contributed by atoms with van der Waals surface area (Å²) in [4.78, 5) is 44.8. The standard InChI is InChI=1S/C26H40N2O5S/c1-7-10-11-13-33-25(32)20-19-14-17(6)26(34-19)21(20)23(30)28(18(9-3)15-29)22(26)24(31)27(12-8-2)16(4)5/h7-8,16-22,29H,1-2,9-15H2,3-6H3/t17?,18-,19+,20-,21-,22?,26?/m0/s1. The maximum atomic E-state index is 14.1. The summed E-state index contributed by atoms with van der Waals surface area (Å²) in [5, 5.41) is 10.1. The molecule has 3 fully saturated rings. The van der Waals surface area contributed by atoms with Crippen LogP contribution in [0, 0.1) is 17.8 Å². The number of allylic oxidation sites excluding steroid dienone is 1. The smallest absolute Gasteiger partial charge is 0.310 e. The summed E-state index contributed by atoms with van der Waals surface area (Å²) in [5.74, 6) is -1.78. The first-order valence-corrected chi connectivity index (χ1v) is 13.4. The number of carbonyl (C=O) groups excluding carboxylic acids is 3. The molecule has 190 valence electrons. The van der Waals surface area contributed by atoms with Gasteiger partial charge in [-0.15, -0.1) is 24.9 Å². The second-order valence-corrected chi connectivity index (χ2v) is 11.6. The van der Waals surface area contributed by atoms with E-state index >= 15 is 0 Å². The molecule has 8 heteroatoms. The maximum absolute atomic E-state index is 14.1. The molecule has 3 heterocycles. The van der Waals surface area contributed by atoms with Crippen molar-refractivity contribution in [1.82, 2.24) is 9.80 Å². The van der Waals surface area contributed by atoms with Gasteiger partial charge < -0.3 is 19.6 Å². The van der Waals surface area contributed by atoms with Gasteiger partial charge in [0.05, 0.1) is 35.8 Å². The van der Waals surface area contributed by atoms with Crippen molar-refractivity contribution in [3.63, 3.8) is 0 Å². The van der Waals surface area contributed by atoms with Crippen LogP contribution in [0.3, 0.4) is 0 Å². The first kappa shape index (κ1) is 26.8. The molecule has 2 amide bonds. The first-order valence-electron chi connectivity index (χ1n) is 12.5. The highest BCUT2D eigenvalue weighted by Gasteiger charge is 2.77. The number of carbonyl (C=O) groups is 3. The molecular weight excluding hydrogens is 452 g/mol. The van der Waals surface area contributed by atoms with E-state index in [2.05, 4.69) is 20.1 Å². The molecule has 0 aromatic carbocycles. The van der Waals surface area contributed by atoms with Crippen molar-refractivity contribution in [1.29, 1.82) is 0 Å². The summed E-state index contributed by atoms with van der Waals surface area (Å²) in [7, 11) is 0. The molecule has 3 aliphatic rings. The zero-order chi connectivity index (χ0) is 25.2. The Hall–Kier alpha value is -1.80. The Morgan fingerprint density at radius 3 is 2.62 bits per heavy atom. The molecule has 3 rings (SSSR count). The number of ether oxygens (including phenoxy) is 1. The number of esters is 1. The van der Waals surface area contributed by atoms with Gasteiger partial charge in [-0.1, -0.05) is 26.0 Å². The van der Waals surface area contributed by atoms with Crippen molar-refractivity contribution in [2.24, 2.45) is 17.8 Å². The Morgan fingerprint density at radius 2 is 2.06 bits per heavy atom. The average molecular weight is 493 g/mol. The monoisotopic (exact) mass is 492 g/mol. The van der Waals surface area contributed by atoms with Crippen LogP contribution in [0.25, 0.3) is 0 Å². The third-order valence-electron chi connectivity index (χ3n) is 7.79. The van der Waals surface area contributed by atoms with E-state index in [-0.39, 0.29) is 41.6 Å². The SMILES string of the molecule is C=CCCCOC(=O)[C@@H]1[C@H]2C(=O)N([C@@H](CC)CO)C(C(=O)N(CC=C)C(C)C)C23S[C@@H]1CC3C. The van der Waals surface area contributed by atoms with Gasteiger partial charge in [-0.2, -0.15) is 0 Å². The zero-order valence-corrected chi connectivity index (χ0v) is 21.8. The zero-order valence-electron chi connectivity index (χ0n) is 20.9. The van der Waals surface area contributed by atoms with E-state index in [9.17, 15) is 19.5 Å². The highest BCUT2D eigenvalue weighted by Crippen LogP contribution is 2.69. The predicted octanol–water partition coefficient (Wildman–Crippen LogP) is 3.03. The molecule has 3 saturated heterocycles. The number of unbranched alkanes of at least 4 members (excludes halogenated alkanes) is 1. The third-order valence-corrected chi connectivity index (χ3v) is 9.87. The summed E-state index contributed by atoms with van der Waals surface area (Å²) in [5.41, 5.74) is 0. The predicted molar refractivity (Wildman–Crippen MR) is 134 cm³/mol. The molecule has 1 spiro atoms. The summed E-state index contributed by atoms with van der Waals surface area (Å²) in [6.45, 7) is 15.9. The summed E-state index contributed by atoms with van der Waals surface area (Å²) >= 11 is 1.63. The van der Waals surface area contributed by atoms with Crippen LogP contribution >= 0.6 is 11.8 Å². The van der Waals surface area contributed by atoms with Crippen LogP contribution < -0.4 is 0 Å². The second-order valence-electron chi connectivity index (χ2n) is 10.0. The van der Waals surface area contributed by atoms with Crippen molar-refractivity contribution in [2.75, 3.05) is 19.8 Å². The lowest BCUT2D eigenvalue weighted by Gasteiger charge is -2.42. The first-order chi connectivity index (χ1) is 16.2. The van der Waals surface area contributed by atoms with E-state index in [4.69, 9.17) is 4.74 Å². The van der Waals surface area contributed by atoms with E-state index in [1.807, 2.05) is 20.8 Å². The Morgan fingerprint density at radius 1 is 1.35 bits per heavy atom. The van der Waals surface area contributed by atoms with Gasteiger partial charge in [0.15, 0.2) is 0 Å². The van der Waals surface area contributed by atoms with Gasteiger partial charge in [-0.3, -0.25) is 14.4 Å². The lowest BCUT2D eigenvalue weighted by Crippen LogP contribution is -2.60. The van der Waals surface area contributed by atoms with Crippen molar-refractivity contribution in [3.8, 4) is 0 Å². The largest absolute Gasteiger partial charge is 0.465 e. The number of amides is 2. The number of likely N-dealkylation sites (tertiary alicyclic amines) is 1. The topological polar surface area (TPSA) is 87.1 Å². The highest BCUT2D eigenvalue weighted by molar-refractivity contribution is 8.02. The number of hydrogen-bond donors (Lipinski definition) is 1. The normalized spacial score (nSPS) is 32.6. The number of aliphatic hydroxyl groups excluding tert-OH is 1. The van der Waals surface area contributed by atoms with Crippen LogP contribution in [-0.4, -0.2) is 80.6 Å². The molecule has 3 unspecified atom stereocenters. The van der Waals surface area contributed by atoms with Gasteiger partial charge in [0.2, 0.25) is 11.8 Å². The van der Waals surface area contributed by atoms with Gasteiger partial charge in [0.1, 0.15) is 6.04 Å². The maximum Gasteiger partial charge on any atom is 0.310 e. The van der Waals surface area contributed by atoms with Crippen LogP contribution in [0.1, 0.15) is 53.4 Å². The van der Waals surface area contributed by atoms with Gasteiger partial charge in [-0.05, 0) is 45.4 Å². The van der Waals surface area contributed by atoms with Crippen LogP contribution in [-0.2, 0) is 19.1 Å². The van der Waals surface area contributed by atoms with Gasteiger partial charge >= 0.3 is 5.97 Å². The quantitative estimate of drug-likeness (QED) is 0.256. The minimum absolute atomic E-state index is 0.0468. The Balaban J connectivity index is 2.04. The molecule has 3 aliphatic heterocycles. The molecule has 34 heavy (non-hydrogen) atoms. The molecule has 0 aromatic heterocycles. The number of aliphatic hydroxyl groups is 1. The number of thioether (sulfide) groups is 1. The van der Waals surface area contributed by atoms with Gasteiger partial charge in [-0.25, -0.2) is 0 Å². The molecule has 2 bridgehead atoms. The van der Waals surface area contributed by atoms with Gasteiger partial charge in [0.25, 0.3) is 0 Å².